The van der Waals surface area contributed by atoms with Crippen LogP contribution in [0.2, 0.25) is 0 Å². The number of rotatable bonds is 3. The van der Waals surface area contributed by atoms with Gasteiger partial charge in [0.2, 0.25) is 0 Å². The maximum Gasteiger partial charge on any atom is 0.119 e. The van der Waals surface area contributed by atoms with E-state index in [1.54, 1.807) is 18.4 Å². The Kier molecular flexibility index (Phi) is 2.91. The molecule has 0 saturated carbocycles. The first kappa shape index (κ1) is 11.4. The Morgan fingerprint density at radius 2 is 2.06 bits per heavy atom. The number of fused-ring (bicyclic) bond motifs is 1. The number of methoxy groups -OCH3 is 1. The minimum absolute atomic E-state index is 0.648. The second kappa shape index (κ2) is 4.07. The summed E-state index contributed by atoms with van der Waals surface area (Å²) in [6.45, 7) is 3.66. The Bertz CT molecular complexity index is 494. The quantitative estimate of drug-likeness (QED) is 0.886. The van der Waals surface area contributed by atoms with Crippen molar-refractivity contribution >= 4 is 21.4 Å². The van der Waals surface area contributed by atoms with Crippen LogP contribution in [0.1, 0.15) is 18.7 Å². The summed E-state index contributed by atoms with van der Waals surface area (Å²) in [5, 5.41) is 11.0. The smallest absolute Gasteiger partial charge is 0.119 e. The zero-order chi connectivity index (χ0) is 11.8. The van der Waals surface area contributed by atoms with Gasteiger partial charge >= 0.3 is 0 Å². The zero-order valence-corrected chi connectivity index (χ0v) is 10.6. The standard InChI is InChI=1S/C13H16O2S/c1-13(2,14)8-11-7-9-6-10(15-3)4-5-12(9)16-11/h4-7,14H,8H2,1-3H3. The summed E-state index contributed by atoms with van der Waals surface area (Å²) in [7, 11) is 1.67. The minimum Gasteiger partial charge on any atom is -0.497 e. The van der Waals surface area contributed by atoms with Crippen LogP contribution in [-0.2, 0) is 6.42 Å². The maximum atomic E-state index is 9.78. The molecule has 0 amide bonds. The fourth-order valence-corrected chi connectivity index (χ4v) is 2.98. The lowest BCUT2D eigenvalue weighted by Crippen LogP contribution is -2.20. The Labute approximate surface area is 99.5 Å². The third-order valence-electron chi connectivity index (χ3n) is 2.38. The average Bonchev–Trinajstić information content (AvgIpc) is 2.55. The van der Waals surface area contributed by atoms with Gasteiger partial charge in [0.05, 0.1) is 12.7 Å². The monoisotopic (exact) mass is 236 g/mol. The van der Waals surface area contributed by atoms with Gasteiger partial charge in [-0.15, -0.1) is 11.3 Å². The van der Waals surface area contributed by atoms with Crippen LogP contribution in [0.4, 0.5) is 0 Å². The molecule has 1 N–H and O–H groups in total. The first-order valence-electron chi connectivity index (χ1n) is 5.27. The average molecular weight is 236 g/mol. The molecule has 0 saturated heterocycles. The molecule has 0 aliphatic carbocycles. The molecule has 2 aromatic rings. The van der Waals surface area contributed by atoms with Crippen LogP contribution >= 0.6 is 11.3 Å². The van der Waals surface area contributed by atoms with Crippen LogP contribution in [0, 0.1) is 0 Å². The molecule has 0 aliphatic rings. The van der Waals surface area contributed by atoms with Crippen molar-refractivity contribution in [2.75, 3.05) is 7.11 Å². The Balaban J connectivity index is 2.36. The van der Waals surface area contributed by atoms with Crippen LogP contribution < -0.4 is 4.74 Å². The lowest BCUT2D eigenvalue weighted by atomic mass is 10.0. The second-order valence-corrected chi connectivity index (χ2v) is 5.77. The fourth-order valence-electron chi connectivity index (χ4n) is 1.72. The zero-order valence-electron chi connectivity index (χ0n) is 9.78. The van der Waals surface area contributed by atoms with Crippen molar-refractivity contribution in [2.24, 2.45) is 0 Å². The molecular weight excluding hydrogens is 220 g/mol. The molecule has 2 rings (SSSR count). The summed E-state index contributed by atoms with van der Waals surface area (Å²) in [4.78, 5) is 1.20. The number of aliphatic hydroxyl groups is 1. The highest BCUT2D eigenvalue weighted by molar-refractivity contribution is 7.19. The van der Waals surface area contributed by atoms with Gasteiger partial charge in [0.15, 0.2) is 0 Å². The SMILES string of the molecule is COc1ccc2sc(CC(C)(C)O)cc2c1. The van der Waals surface area contributed by atoms with Crippen LogP contribution in [0.5, 0.6) is 5.75 Å². The molecule has 0 atom stereocenters. The summed E-state index contributed by atoms with van der Waals surface area (Å²) in [5.41, 5.74) is -0.648. The van der Waals surface area contributed by atoms with Gasteiger partial charge in [-0.2, -0.15) is 0 Å². The maximum absolute atomic E-state index is 9.78. The van der Waals surface area contributed by atoms with Crippen molar-refractivity contribution in [3.05, 3.63) is 29.1 Å². The van der Waals surface area contributed by atoms with Crippen LogP contribution in [0.25, 0.3) is 10.1 Å². The van der Waals surface area contributed by atoms with E-state index in [0.717, 1.165) is 5.75 Å². The molecule has 1 heterocycles. The normalized spacial score (nSPS) is 12.0. The van der Waals surface area contributed by atoms with Crippen LogP contribution in [0.15, 0.2) is 24.3 Å². The largest absolute Gasteiger partial charge is 0.497 e. The minimum atomic E-state index is -0.648. The molecule has 1 aromatic carbocycles. The van der Waals surface area contributed by atoms with Crippen molar-refractivity contribution in [1.82, 2.24) is 0 Å². The topological polar surface area (TPSA) is 29.5 Å². The Hall–Kier alpha value is -1.06. The van der Waals surface area contributed by atoms with Crippen LogP contribution in [-0.4, -0.2) is 17.8 Å². The lowest BCUT2D eigenvalue weighted by Gasteiger charge is -2.14. The number of hydrogen-bond acceptors (Lipinski definition) is 3. The van der Waals surface area contributed by atoms with Gasteiger partial charge in [-0.1, -0.05) is 0 Å². The molecule has 0 spiro atoms. The summed E-state index contributed by atoms with van der Waals surface area (Å²) < 4.78 is 6.42. The van der Waals surface area contributed by atoms with E-state index in [1.165, 1.54) is 15.0 Å². The summed E-state index contributed by atoms with van der Waals surface area (Å²) in [6, 6.07) is 8.18. The first-order valence-corrected chi connectivity index (χ1v) is 6.08. The summed E-state index contributed by atoms with van der Waals surface area (Å²) >= 11 is 1.73. The van der Waals surface area contributed by atoms with Crippen LogP contribution in [0.3, 0.4) is 0 Å². The van der Waals surface area contributed by atoms with Crippen molar-refractivity contribution < 1.29 is 9.84 Å². The molecular formula is C13H16O2S. The molecule has 0 unspecified atom stereocenters. The molecule has 1 aromatic heterocycles. The van der Waals surface area contributed by atoms with Crippen molar-refractivity contribution in [1.29, 1.82) is 0 Å². The van der Waals surface area contributed by atoms with Gasteiger partial charge in [-0.3, -0.25) is 0 Å². The van der Waals surface area contributed by atoms with Gasteiger partial charge in [0, 0.05) is 16.0 Å². The number of ether oxygens (including phenoxy) is 1. The Morgan fingerprint density at radius 1 is 1.31 bits per heavy atom. The lowest BCUT2D eigenvalue weighted by molar-refractivity contribution is 0.0819. The Morgan fingerprint density at radius 3 is 2.69 bits per heavy atom. The van der Waals surface area contributed by atoms with E-state index in [9.17, 15) is 5.11 Å². The third kappa shape index (κ3) is 2.54. The van der Waals surface area contributed by atoms with Gasteiger partial charge in [-0.05, 0) is 43.5 Å². The first-order chi connectivity index (χ1) is 7.48. The molecule has 16 heavy (non-hydrogen) atoms. The highest BCUT2D eigenvalue weighted by Crippen LogP contribution is 2.30. The summed E-state index contributed by atoms with van der Waals surface area (Å²) in [6.07, 6.45) is 0.689. The second-order valence-electron chi connectivity index (χ2n) is 4.61. The number of hydrogen-bond donors (Lipinski definition) is 1. The van der Waals surface area contributed by atoms with Crippen molar-refractivity contribution in [3.63, 3.8) is 0 Å². The number of thiophene rings is 1. The van der Waals surface area contributed by atoms with Gasteiger partial charge in [0.1, 0.15) is 5.75 Å². The van der Waals surface area contributed by atoms with Gasteiger partial charge in [0.25, 0.3) is 0 Å². The van der Waals surface area contributed by atoms with Crippen molar-refractivity contribution in [3.8, 4) is 5.75 Å². The van der Waals surface area contributed by atoms with E-state index in [-0.39, 0.29) is 0 Å². The molecule has 0 fully saturated rings. The molecule has 3 heteroatoms. The van der Waals surface area contributed by atoms with E-state index in [0.29, 0.717) is 6.42 Å². The van der Waals surface area contributed by atoms with Gasteiger partial charge < -0.3 is 9.84 Å². The molecule has 0 aliphatic heterocycles. The predicted octanol–water partition coefficient (Wildman–Crippen LogP) is 3.22. The highest BCUT2D eigenvalue weighted by Gasteiger charge is 2.15. The van der Waals surface area contributed by atoms with E-state index >= 15 is 0 Å². The molecule has 86 valence electrons. The van der Waals surface area contributed by atoms with E-state index in [4.69, 9.17) is 4.74 Å². The molecule has 0 radical (unpaired) electrons. The summed E-state index contributed by atoms with van der Waals surface area (Å²) in [5.74, 6) is 0.875. The van der Waals surface area contributed by atoms with E-state index in [1.807, 2.05) is 26.0 Å². The predicted molar refractivity (Wildman–Crippen MR) is 68.4 cm³/mol. The van der Waals surface area contributed by atoms with E-state index in [2.05, 4.69) is 12.1 Å². The van der Waals surface area contributed by atoms with Gasteiger partial charge in [-0.25, -0.2) is 0 Å². The molecule has 0 bridgehead atoms. The molecule has 2 nitrogen and oxygen atoms in total. The fraction of sp³-hybridized carbons (Fsp3) is 0.385. The highest BCUT2D eigenvalue weighted by atomic mass is 32.1. The van der Waals surface area contributed by atoms with Crippen molar-refractivity contribution in [2.45, 2.75) is 25.9 Å². The third-order valence-corrected chi connectivity index (χ3v) is 3.50. The number of benzene rings is 1. The van der Waals surface area contributed by atoms with E-state index < -0.39 is 5.60 Å².